The molecule has 0 aliphatic rings. The summed E-state index contributed by atoms with van der Waals surface area (Å²) in [6, 6.07) is 7.69. The van der Waals surface area contributed by atoms with Crippen molar-refractivity contribution < 1.29 is 9.53 Å². The fourth-order valence-corrected chi connectivity index (χ4v) is 3.11. The summed E-state index contributed by atoms with van der Waals surface area (Å²) in [5, 5.41) is 3.85. The van der Waals surface area contributed by atoms with Gasteiger partial charge in [0.2, 0.25) is 0 Å². The zero-order valence-electron chi connectivity index (χ0n) is 14.6. The summed E-state index contributed by atoms with van der Waals surface area (Å²) in [6.07, 6.45) is 5.38. The largest absolute Gasteiger partial charge is 0.383 e. The number of methoxy groups -OCH3 is 1. The van der Waals surface area contributed by atoms with Gasteiger partial charge in [0.25, 0.3) is 5.91 Å². The number of aromatic amines is 1. The molecule has 0 radical (unpaired) electrons. The molecule has 26 heavy (non-hydrogen) atoms. The van der Waals surface area contributed by atoms with Gasteiger partial charge >= 0.3 is 0 Å². The minimum atomic E-state index is -0.112. The van der Waals surface area contributed by atoms with E-state index < -0.39 is 0 Å². The van der Waals surface area contributed by atoms with E-state index in [0.29, 0.717) is 18.7 Å². The Balaban J connectivity index is 1.77. The lowest BCUT2D eigenvalue weighted by Crippen LogP contribution is -2.26. The monoisotopic (exact) mass is 349 g/mol. The molecule has 2 N–H and O–H groups in total. The number of H-pyrrole nitrogens is 1. The highest BCUT2D eigenvalue weighted by atomic mass is 16.5. The van der Waals surface area contributed by atoms with Gasteiger partial charge in [-0.05, 0) is 24.3 Å². The van der Waals surface area contributed by atoms with Crippen molar-refractivity contribution in [1.82, 2.24) is 24.8 Å². The maximum absolute atomic E-state index is 12.4. The molecule has 3 aromatic heterocycles. The van der Waals surface area contributed by atoms with E-state index in [1.807, 2.05) is 42.1 Å². The minimum Gasteiger partial charge on any atom is -0.383 e. The topological polar surface area (TPSA) is 84.8 Å². The molecule has 0 spiro atoms. The molecule has 7 nitrogen and oxygen atoms in total. The number of aromatic nitrogens is 4. The smallest absolute Gasteiger partial charge is 0.251 e. The summed E-state index contributed by atoms with van der Waals surface area (Å²) in [5.74, 6) is -0.112. The van der Waals surface area contributed by atoms with Crippen molar-refractivity contribution in [2.45, 2.75) is 0 Å². The quantitative estimate of drug-likeness (QED) is 0.542. The number of ether oxygens (including phenoxy) is 1. The van der Waals surface area contributed by atoms with Crippen LogP contribution in [0.4, 0.5) is 0 Å². The van der Waals surface area contributed by atoms with E-state index in [-0.39, 0.29) is 5.91 Å². The fraction of sp³-hybridized carbons (Fsp3) is 0.211. The fourth-order valence-electron chi connectivity index (χ4n) is 3.11. The van der Waals surface area contributed by atoms with Crippen LogP contribution in [0.5, 0.6) is 0 Å². The lowest BCUT2D eigenvalue weighted by atomic mass is 10.1. The van der Waals surface area contributed by atoms with Gasteiger partial charge < -0.3 is 19.6 Å². The third-order valence-electron chi connectivity index (χ3n) is 4.39. The summed E-state index contributed by atoms with van der Waals surface area (Å²) in [7, 11) is 3.60. The number of fused-ring (bicyclic) bond motifs is 2. The van der Waals surface area contributed by atoms with Gasteiger partial charge in [-0.3, -0.25) is 9.78 Å². The van der Waals surface area contributed by atoms with Crippen LogP contribution in [0, 0.1) is 0 Å². The van der Waals surface area contributed by atoms with E-state index >= 15 is 0 Å². The second-order valence-electron chi connectivity index (χ2n) is 6.11. The molecule has 0 aliphatic heterocycles. The molecule has 1 aromatic carbocycles. The Morgan fingerprint density at radius 3 is 2.92 bits per heavy atom. The number of rotatable bonds is 5. The molecule has 3 heterocycles. The summed E-state index contributed by atoms with van der Waals surface area (Å²) in [4.78, 5) is 24.3. The van der Waals surface area contributed by atoms with Crippen LogP contribution in [0.25, 0.3) is 33.3 Å². The summed E-state index contributed by atoms with van der Waals surface area (Å²) < 4.78 is 7.02. The van der Waals surface area contributed by atoms with Gasteiger partial charge in [-0.1, -0.05) is 0 Å². The van der Waals surface area contributed by atoms with Gasteiger partial charge in [-0.2, -0.15) is 0 Å². The van der Waals surface area contributed by atoms with Gasteiger partial charge in [0.15, 0.2) is 5.65 Å². The van der Waals surface area contributed by atoms with Crippen molar-refractivity contribution in [2.24, 2.45) is 7.05 Å². The number of nitrogens with zero attached hydrogens (tertiary/aromatic N) is 3. The Hall–Kier alpha value is -3.19. The first-order valence-corrected chi connectivity index (χ1v) is 8.33. The molecule has 4 aromatic rings. The van der Waals surface area contributed by atoms with Crippen molar-refractivity contribution in [3.63, 3.8) is 0 Å². The van der Waals surface area contributed by atoms with E-state index in [1.54, 1.807) is 19.5 Å². The standard InChI is InChI=1S/C19H19N5O2/c1-24-11-14(15-10-16-18(23-15)21-6-5-20-16)13-9-12(3-4-17(13)24)19(25)22-7-8-26-2/h3-6,9-11H,7-8H2,1-2H3,(H,21,23)(H,22,25). The number of carbonyl (C=O) groups is 1. The van der Waals surface area contributed by atoms with Crippen molar-refractivity contribution in [1.29, 1.82) is 0 Å². The van der Waals surface area contributed by atoms with Gasteiger partial charge in [0.1, 0.15) is 5.52 Å². The summed E-state index contributed by atoms with van der Waals surface area (Å²) >= 11 is 0. The number of hydrogen-bond acceptors (Lipinski definition) is 4. The Bertz CT molecular complexity index is 1060. The maximum Gasteiger partial charge on any atom is 0.251 e. The van der Waals surface area contributed by atoms with Gasteiger partial charge in [-0.25, -0.2) is 4.98 Å². The van der Waals surface area contributed by atoms with Crippen molar-refractivity contribution in [2.75, 3.05) is 20.3 Å². The number of hydrogen-bond donors (Lipinski definition) is 2. The van der Waals surface area contributed by atoms with E-state index in [0.717, 1.165) is 33.3 Å². The first kappa shape index (κ1) is 16.3. The summed E-state index contributed by atoms with van der Waals surface area (Å²) in [5.41, 5.74) is 5.16. The Labute approximate surface area is 150 Å². The average Bonchev–Trinajstić information content (AvgIpc) is 3.22. The Kier molecular flexibility index (Phi) is 4.14. The lowest BCUT2D eigenvalue weighted by Gasteiger charge is -2.05. The molecule has 1 amide bonds. The highest BCUT2D eigenvalue weighted by molar-refractivity contribution is 6.03. The van der Waals surface area contributed by atoms with Crippen molar-refractivity contribution in [3.05, 3.63) is 48.4 Å². The molecule has 7 heteroatoms. The zero-order chi connectivity index (χ0) is 18.1. The maximum atomic E-state index is 12.4. The second-order valence-corrected chi connectivity index (χ2v) is 6.11. The number of aryl methyl sites for hydroxylation is 1. The molecule has 0 atom stereocenters. The lowest BCUT2D eigenvalue weighted by molar-refractivity contribution is 0.0937. The average molecular weight is 349 g/mol. The predicted molar refractivity (Wildman–Crippen MR) is 100 cm³/mol. The second kappa shape index (κ2) is 6.61. The van der Waals surface area contributed by atoms with Gasteiger partial charge in [0.05, 0.1) is 12.3 Å². The van der Waals surface area contributed by atoms with Gasteiger partial charge in [-0.15, -0.1) is 0 Å². The molecule has 4 rings (SSSR count). The van der Waals surface area contributed by atoms with E-state index in [9.17, 15) is 4.79 Å². The molecular formula is C19H19N5O2. The molecule has 132 valence electrons. The normalized spacial score (nSPS) is 11.3. The molecule has 0 aliphatic carbocycles. The Morgan fingerprint density at radius 1 is 1.27 bits per heavy atom. The van der Waals surface area contributed by atoms with Gasteiger partial charge in [0, 0.05) is 61.3 Å². The Morgan fingerprint density at radius 2 is 2.12 bits per heavy atom. The first-order valence-electron chi connectivity index (χ1n) is 8.33. The predicted octanol–water partition coefficient (Wildman–Crippen LogP) is 2.49. The van der Waals surface area contributed by atoms with Crippen LogP contribution < -0.4 is 5.32 Å². The van der Waals surface area contributed by atoms with Crippen LogP contribution in [0.1, 0.15) is 10.4 Å². The summed E-state index contributed by atoms with van der Waals surface area (Å²) in [6.45, 7) is 0.966. The molecule has 0 bridgehead atoms. The molecule has 0 saturated heterocycles. The molecule has 0 unspecified atom stereocenters. The number of carbonyl (C=O) groups excluding carboxylic acids is 1. The highest BCUT2D eigenvalue weighted by Crippen LogP contribution is 2.31. The van der Waals surface area contributed by atoms with Crippen LogP contribution in [-0.2, 0) is 11.8 Å². The van der Waals surface area contributed by atoms with Crippen LogP contribution in [0.15, 0.2) is 42.9 Å². The van der Waals surface area contributed by atoms with Crippen LogP contribution >= 0.6 is 0 Å². The molecule has 0 fully saturated rings. The van der Waals surface area contributed by atoms with E-state index in [1.165, 1.54) is 0 Å². The van der Waals surface area contributed by atoms with Crippen molar-refractivity contribution >= 4 is 28.0 Å². The highest BCUT2D eigenvalue weighted by Gasteiger charge is 2.14. The van der Waals surface area contributed by atoms with Crippen LogP contribution in [-0.4, -0.2) is 45.7 Å². The number of benzene rings is 1. The minimum absolute atomic E-state index is 0.112. The number of amides is 1. The number of nitrogens with one attached hydrogen (secondary N) is 2. The van der Waals surface area contributed by atoms with E-state index in [4.69, 9.17) is 4.74 Å². The van der Waals surface area contributed by atoms with E-state index in [2.05, 4.69) is 20.3 Å². The first-order chi connectivity index (χ1) is 12.7. The third-order valence-corrected chi connectivity index (χ3v) is 4.39. The third kappa shape index (κ3) is 2.82. The SMILES string of the molecule is COCCNC(=O)c1ccc2c(c1)c(-c1cc3nccnc3[nH]1)cn2C. The van der Waals surface area contributed by atoms with Crippen LogP contribution in [0.3, 0.4) is 0 Å². The molecular weight excluding hydrogens is 330 g/mol. The zero-order valence-corrected chi connectivity index (χ0v) is 14.6. The van der Waals surface area contributed by atoms with Crippen LogP contribution in [0.2, 0.25) is 0 Å². The molecule has 0 saturated carbocycles. The van der Waals surface area contributed by atoms with Crippen molar-refractivity contribution in [3.8, 4) is 11.3 Å².